The molecule has 1 unspecified atom stereocenters. The van der Waals surface area contributed by atoms with Gasteiger partial charge in [0.1, 0.15) is 22.7 Å². The molecular weight excluding hydrogens is 417 g/mol. The lowest BCUT2D eigenvalue weighted by Gasteiger charge is -2.33. The Morgan fingerprint density at radius 2 is 2.10 bits per heavy atom. The fourth-order valence-corrected chi connectivity index (χ4v) is 4.06. The van der Waals surface area contributed by atoms with E-state index in [9.17, 15) is 9.18 Å². The number of aromatic nitrogens is 3. The van der Waals surface area contributed by atoms with E-state index in [0.717, 1.165) is 29.1 Å². The summed E-state index contributed by atoms with van der Waals surface area (Å²) in [5.41, 5.74) is 1.81. The molecule has 7 nitrogen and oxygen atoms in total. The topological polar surface area (TPSA) is 80.2 Å². The molecule has 1 fully saturated rings. The molecule has 0 spiro atoms. The first-order valence-corrected chi connectivity index (χ1v) is 11.1. The molecule has 1 atom stereocenters. The summed E-state index contributed by atoms with van der Waals surface area (Å²) < 4.78 is 18.9. The highest BCUT2D eigenvalue weighted by Gasteiger charge is 2.26. The van der Waals surface area contributed by atoms with Gasteiger partial charge in [0, 0.05) is 13.0 Å². The Labute approximate surface area is 184 Å². The van der Waals surface area contributed by atoms with Crippen molar-refractivity contribution in [1.29, 1.82) is 0 Å². The van der Waals surface area contributed by atoms with Crippen molar-refractivity contribution in [3.05, 3.63) is 64.5 Å². The molecule has 162 valence electrons. The maximum atomic E-state index is 13.0. The maximum Gasteiger partial charge on any atom is 0.222 e. The predicted octanol–water partition coefficient (Wildman–Crippen LogP) is 4.05. The molecular formula is C22H24FN5O2S. The smallest absolute Gasteiger partial charge is 0.222 e. The van der Waals surface area contributed by atoms with Gasteiger partial charge in [0.15, 0.2) is 0 Å². The number of nitrogens with zero attached hydrogens (tertiary/aromatic N) is 4. The molecule has 1 aliphatic heterocycles. The second-order valence-electron chi connectivity index (χ2n) is 7.38. The molecule has 0 aliphatic carbocycles. The van der Waals surface area contributed by atoms with E-state index in [4.69, 9.17) is 4.74 Å². The number of carbonyl (C=O) groups excluding carboxylic acids is 1. The van der Waals surface area contributed by atoms with Crippen LogP contribution in [-0.4, -0.2) is 45.7 Å². The first kappa shape index (κ1) is 21.3. The van der Waals surface area contributed by atoms with E-state index >= 15 is 0 Å². The molecule has 1 aromatic carbocycles. The lowest BCUT2D eigenvalue weighted by molar-refractivity contribution is -0.139. The Morgan fingerprint density at radius 1 is 1.26 bits per heavy atom. The molecule has 4 rings (SSSR count). The van der Waals surface area contributed by atoms with Crippen LogP contribution in [0.5, 0.6) is 0 Å². The van der Waals surface area contributed by atoms with Crippen LogP contribution in [0.25, 0.3) is 0 Å². The Kier molecular flexibility index (Phi) is 6.83. The van der Waals surface area contributed by atoms with Crippen LogP contribution in [0.15, 0.2) is 42.5 Å². The highest BCUT2D eigenvalue weighted by molar-refractivity contribution is 7.15. The molecule has 0 radical (unpaired) electrons. The van der Waals surface area contributed by atoms with Crippen LogP contribution in [0.3, 0.4) is 0 Å². The number of rotatable bonds is 7. The van der Waals surface area contributed by atoms with Crippen molar-refractivity contribution in [2.75, 3.05) is 25.0 Å². The van der Waals surface area contributed by atoms with Gasteiger partial charge in [0.2, 0.25) is 11.0 Å². The number of amides is 1. The van der Waals surface area contributed by atoms with Gasteiger partial charge in [-0.25, -0.2) is 9.37 Å². The number of ether oxygens (including phenoxy) is 1. The van der Waals surface area contributed by atoms with Crippen LogP contribution >= 0.6 is 11.3 Å². The van der Waals surface area contributed by atoms with Crippen LogP contribution in [0.4, 0.5) is 15.3 Å². The molecule has 3 heterocycles. The van der Waals surface area contributed by atoms with Crippen molar-refractivity contribution in [3.63, 3.8) is 0 Å². The van der Waals surface area contributed by atoms with Crippen LogP contribution < -0.4 is 5.32 Å². The zero-order chi connectivity index (χ0) is 21.6. The predicted molar refractivity (Wildman–Crippen MR) is 117 cm³/mol. The van der Waals surface area contributed by atoms with E-state index in [1.165, 1.54) is 23.5 Å². The van der Waals surface area contributed by atoms with Gasteiger partial charge < -0.3 is 15.0 Å². The average molecular weight is 442 g/mol. The van der Waals surface area contributed by atoms with Gasteiger partial charge in [-0.1, -0.05) is 29.5 Å². The molecule has 1 amide bonds. The lowest BCUT2D eigenvalue weighted by Crippen LogP contribution is -2.42. The monoisotopic (exact) mass is 441 g/mol. The summed E-state index contributed by atoms with van der Waals surface area (Å²) in [6.45, 7) is 3.43. The normalized spacial score (nSPS) is 16.3. The third kappa shape index (κ3) is 5.83. The summed E-state index contributed by atoms with van der Waals surface area (Å²) in [6, 6.07) is 12.1. The summed E-state index contributed by atoms with van der Waals surface area (Å²) in [6.07, 6.45) is 1.66. The Hall–Kier alpha value is -2.91. The highest BCUT2D eigenvalue weighted by atomic mass is 32.1. The van der Waals surface area contributed by atoms with Gasteiger partial charge in [-0.2, -0.15) is 0 Å². The van der Waals surface area contributed by atoms with Crippen molar-refractivity contribution in [2.24, 2.45) is 0 Å². The molecule has 0 bridgehead atoms. The number of hydrogen-bond acceptors (Lipinski definition) is 7. The fourth-order valence-electron chi connectivity index (χ4n) is 3.46. The SMILES string of the molecule is Cc1nnc(Nc2cccc(C3CN(C(=O)CCCc4ccc(F)cc4)CCO3)n2)s1. The second kappa shape index (κ2) is 9.93. The molecule has 1 N–H and O–H groups in total. The molecule has 0 saturated carbocycles. The van der Waals surface area contributed by atoms with Gasteiger partial charge >= 0.3 is 0 Å². The minimum absolute atomic E-state index is 0.106. The standard InChI is InChI=1S/C22H24FN5O2S/c1-15-26-27-22(31-15)25-20-6-3-5-18(24-20)19-14-28(12-13-30-19)21(29)7-2-4-16-8-10-17(23)11-9-16/h3,5-6,8-11,19H,2,4,7,12-14H2,1H3,(H,24,25,27). The van der Waals surface area contributed by atoms with Crippen molar-refractivity contribution in [2.45, 2.75) is 32.3 Å². The zero-order valence-electron chi connectivity index (χ0n) is 17.3. The molecule has 2 aromatic heterocycles. The maximum absolute atomic E-state index is 13.0. The van der Waals surface area contributed by atoms with Gasteiger partial charge in [-0.15, -0.1) is 10.2 Å². The summed E-state index contributed by atoms with van der Waals surface area (Å²) in [5, 5.41) is 12.8. The van der Waals surface area contributed by atoms with Crippen LogP contribution in [0.2, 0.25) is 0 Å². The number of hydrogen-bond donors (Lipinski definition) is 1. The number of morpholine rings is 1. The van der Waals surface area contributed by atoms with Crippen molar-refractivity contribution in [1.82, 2.24) is 20.1 Å². The second-order valence-corrected chi connectivity index (χ2v) is 8.56. The van der Waals surface area contributed by atoms with Crippen molar-refractivity contribution < 1.29 is 13.9 Å². The third-order valence-corrected chi connectivity index (χ3v) is 5.80. The van der Waals surface area contributed by atoms with E-state index in [1.807, 2.05) is 30.0 Å². The average Bonchev–Trinajstić information content (AvgIpc) is 3.20. The summed E-state index contributed by atoms with van der Waals surface area (Å²) in [7, 11) is 0. The molecule has 31 heavy (non-hydrogen) atoms. The van der Waals surface area contributed by atoms with Crippen molar-refractivity contribution >= 4 is 28.2 Å². The zero-order valence-corrected chi connectivity index (χ0v) is 18.1. The number of anilines is 2. The summed E-state index contributed by atoms with van der Waals surface area (Å²) in [4.78, 5) is 19.2. The number of nitrogens with one attached hydrogen (secondary N) is 1. The Balaban J connectivity index is 1.32. The number of aryl methyl sites for hydroxylation is 2. The summed E-state index contributed by atoms with van der Waals surface area (Å²) in [5.74, 6) is 0.527. The van der Waals surface area contributed by atoms with E-state index < -0.39 is 0 Å². The van der Waals surface area contributed by atoms with Gasteiger partial charge in [-0.3, -0.25) is 4.79 Å². The number of carbonyl (C=O) groups is 1. The summed E-state index contributed by atoms with van der Waals surface area (Å²) >= 11 is 1.46. The quantitative estimate of drug-likeness (QED) is 0.596. The molecule has 3 aromatic rings. The first-order valence-electron chi connectivity index (χ1n) is 10.2. The number of halogens is 1. The number of benzene rings is 1. The number of pyridine rings is 1. The highest BCUT2D eigenvalue weighted by Crippen LogP contribution is 2.24. The molecule has 1 aliphatic rings. The first-order chi connectivity index (χ1) is 15.1. The van der Waals surface area contributed by atoms with Gasteiger partial charge in [-0.05, 0) is 49.6 Å². The van der Waals surface area contributed by atoms with E-state index in [0.29, 0.717) is 37.1 Å². The molecule has 1 saturated heterocycles. The Bertz CT molecular complexity index is 1030. The van der Waals surface area contributed by atoms with Gasteiger partial charge in [0.05, 0.1) is 18.8 Å². The van der Waals surface area contributed by atoms with Crippen LogP contribution in [0, 0.1) is 12.7 Å². The van der Waals surface area contributed by atoms with E-state index in [2.05, 4.69) is 20.5 Å². The van der Waals surface area contributed by atoms with Crippen LogP contribution in [0.1, 0.15) is 35.2 Å². The minimum Gasteiger partial charge on any atom is -0.368 e. The minimum atomic E-state index is -0.271. The lowest BCUT2D eigenvalue weighted by atomic mass is 10.1. The third-order valence-electron chi connectivity index (χ3n) is 5.05. The van der Waals surface area contributed by atoms with Crippen molar-refractivity contribution in [3.8, 4) is 0 Å². The molecule has 9 heteroatoms. The van der Waals surface area contributed by atoms with E-state index in [-0.39, 0.29) is 17.8 Å². The van der Waals surface area contributed by atoms with Crippen LogP contribution in [-0.2, 0) is 16.0 Å². The largest absolute Gasteiger partial charge is 0.368 e. The van der Waals surface area contributed by atoms with Gasteiger partial charge in [0.25, 0.3) is 0 Å². The fraction of sp³-hybridized carbons (Fsp3) is 0.364. The van der Waals surface area contributed by atoms with E-state index in [1.54, 1.807) is 12.1 Å². The Morgan fingerprint density at radius 3 is 2.87 bits per heavy atom.